The van der Waals surface area contributed by atoms with E-state index < -0.39 is 0 Å². The lowest BCUT2D eigenvalue weighted by Crippen LogP contribution is -2.44. The number of anilines is 1. The minimum absolute atomic E-state index is 0. The van der Waals surface area contributed by atoms with E-state index in [4.69, 9.17) is 5.73 Å². The van der Waals surface area contributed by atoms with Gasteiger partial charge in [-0.05, 0) is 24.7 Å². The van der Waals surface area contributed by atoms with Crippen molar-refractivity contribution < 1.29 is 4.79 Å². The second kappa shape index (κ2) is 12.3. The lowest BCUT2D eigenvalue weighted by Gasteiger charge is -2.33. The van der Waals surface area contributed by atoms with Crippen molar-refractivity contribution >= 4 is 60.3 Å². The van der Waals surface area contributed by atoms with Gasteiger partial charge in [0.2, 0.25) is 0 Å². The van der Waals surface area contributed by atoms with Crippen LogP contribution in [0, 0.1) is 0 Å². The number of hydrogen-bond acceptors (Lipinski definition) is 7. The number of nitrogens with two attached hydrogens (primary N) is 1. The van der Waals surface area contributed by atoms with E-state index in [0.717, 1.165) is 42.6 Å². The number of aromatic nitrogens is 2. The maximum atomic E-state index is 12.1. The van der Waals surface area contributed by atoms with Crippen LogP contribution in [0.5, 0.6) is 0 Å². The van der Waals surface area contributed by atoms with Crippen LogP contribution in [0.1, 0.15) is 21.1 Å². The Morgan fingerprint density at radius 3 is 2.59 bits per heavy atom. The monoisotopic (exact) mass is 454 g/mol. The third kappa shape index (κ3) is 7.06. The Labute approximate surface area is 182 Å². The molecule has 0 aliphatic carbocycles. The summed E-state index contributed by atoms with van der Waals surface area (Å²) in [5.41, 5.74) is 6.98. The Balaban J connectivity index is 0.00000225. The van der Waals surface area contributed by atoms with Gasteiger partial charge in [0.15, 0.2) is 0 Å². The van der Waals surface area contributed by atoms with Crippen molar-refractivity contribution in [2.75, 3.05) is 38.1 Å². The summed E-state index contributed by atoms with van der Waals surface area (Å²) in [5.74, 6) is 0.790. The normalized spacial score (nSPS) is 13.8. The molecule has 1 aliphatic rings. The average Bonchev–Trinajstić information content (AvgIpc) is 3.10. The van der Waals surface area contributed by atoms with Crippen LogP contribution in [0.25, 0.3) is 0 Å². The molecule has 1 saturated heterocycles. The number of hydrogen-bond donors (Lipinski definition) is 2. The summed E-state index contributed by atoms with van der Waals surface area (Å²) in [6, 6.07) is 3.96. The van der Waals surface area contributed by atoms with Crippen molar-refractivity contribution in [3.8, 4) is 0 Å². The summed E-state index contributed by atoms with van der Waals surface area (Å²) in [7, 11) is 2.13. The number of likely N-dealkylation sites (N-methyl/N-ethyl adjacent to an activating group) is 1. The molecule has 0 bridgehead atoms. The van der Waals surface area contributed by atoms with E-state index in [1.54, 1.807) is 11.6 Å². The molecule has 3 N–H and O–H groups in total. The maximum Gasteiger partial charge on any atom is 0.271 e. The average molecular weight is 456 g/mol. The van der Waals surface area contributed by atoms with E-state index >= 15 is 0 Å². The standard InChI is InChI=1S/C16H22N6OS.3ClH/c1-21-4-6-22(7-5-21)14-8-12(2-3-18-14)10-19-16(23)13-11-24-15(9-17)20-13;;;/h2-3,8,11H,4-7,9-10,17H2,1H3,(H,19,23);3*1H. The van der Waals surface area contributed by atoms with E-state index in [1.165, 1.54) is 11.3 Å². The van der Waals surface area contributed by atoms with Crippen molar-refractivity contribution in [3.05, 3.63) is 40.0 Å². The van der Waals surface area contributed by atoms with Gasteiger partial charge in [-0.1, -0.05) is 0 Å². The molecule has 7 nitrogen and oxygen atoms in total. The fraction of sp³-hybridized carbons (Fsp3) is 0.438. The molecule has 1 amide bonds. The summed E-state index contributed by atoms with van der Waals surface area (Å²) >= 11 is 1.40. The molecule has 0 spiro atoms. The van der Waals surface area contributed by atoms with Gasteiger partial charge in [-0.15, -0.1) is 48.6 Å². The van der Waals surface area contributed by atoms with Gasteiger partial charge in [-0.2, -0.15) is 0 Å². The smallest absolute Gasteiger partial charge is 0.271 e. The summed E-state index contributed by atoms with van der Waals surface area (Å²) < 4.78 is 0. The number of thiazole rings is 1. The van der Waals surface area contributed by atoms with Crippen LogP contribution in [0.15, 0.2) is 23.7 Å². The number of nitrogens with zero attached hydrogens (tertiary/aromatic N) is 4. The number of carbonyl (C=O) groups excluding carboxylic acids is 1. The molecule has 152 valence electrons. The molecule has 27 heavy (non-hydrogen) atoms. The van der Waals surface area contributed by atoms with Gasteiger partial charge in [-0.25, -0.2) is 9.97 Å². The van der Waals surface area contributed by atoms with E-state index in [9.17, 15) is 4.79 Å². The van der Waals surface area contributed by atoms with Crippen LogP contribution < -0.4 is 16.0 Å². The SMILES string of the molecule is CN1CCN(c2cc(CNC(=O)c3csc(CN)n3)ccn2)CC1.Cl.Cl.Cl. The van der Waals surface area contributed by atoms with Gasteiger partial charge in [0.25, 0.3) is 5.91 Å². The first-order valence-corrected chi connectivity index (χ1v) is 8.85. The zero-order chi connectivity index (χ0) is 16.9. The predicted octanol–water partition coefficient (Wildman–Crippen LogP) is 1.94. The molecule has 0 aromatic carbocycles. The van der Waals surface area contributed by atoms with Crippen LogP contribution in [0.4, 0.5) is 5.82 Å². The lowest BCUT2D eigenvalue weighted by atomic mass is 10.2. The second-order valence-electron chi connectivity index (χ2n) is 5.83. The fourth-order valence-electron chi connectivity index (χ4n) is 2.56. The van der Waals surface area contributed by atoms with Crippen LogP contribution >= 0.6 is 48.6 Å². The Bertz CT molecular complexity index is 709. The number of nitrogens with one attached hydrogen (secondary N) is 1. The van der Waals surface area contributed by atoms with Crippen LogP contribution in [-0.2, 0) is 13.1 Å². The molecule has 0 atom stereocenters. The first-order valence-electron chi connectivity index (χ1n) is 7.97. The molecular weight excluding hydrogens is 431 g/mol. The highest BCUT2D eigenvalue weighted by Crippen LogP contribution is 2.15. The summed E-state index contributed by atoms with van der Waals surface area (Å²) in [6.45, 7) is 4.83. The Morgan fingerprint density at radius 1 is 1.26 bits per heavy atom. The van der Waals surface area contributed by atoms with Gasteiger partial charge < -0.3 is 20.9 Å². The third-order valence-corrected chi connectivity index (χ3v) is 4.92. The molecule has 1 fully saturated rings. The molecule has 2 aromatic heterocycles. The molecule has 0 saturated carbocycles. The maximum absolute atomic E-state index is 12.1. The van der Waals surface area contributed by atoms with Gasteiger partial charge in [0.05, 0.1) is 0 Å². The summed E-state index contributed by atoms with van der Waals surface area (Å²) in [6.07, 6.45) is 1.80. The van der Waals surface area contributed by atoms with Gasteiger partial charge in [0, 0.05) is 50.8 Å². The van der Waals surface area contributed by atoms with E-state index in [2.05, 4.69) is 32.1 Å². The van der Waals surface area contributed by atoms with Crippen LogP contribution in [0.3, 0.4) is 0 Å². The van der Waals surface area contributed by atoms with Crippen LogP contribution in [-0.4, -0.2) is 54.0 Å². The molecule has 0 unspecified atom stereocenters. The highest BCUT2D eigenvalue weighted by Gasteiger charge is 2.16. The van der Waals surface area contributed by atoms with Crippen LogP contribution in [0.2, 0.25) is 0 Å². The highest BCUT2D eigenvalue weighted by atomic mass is 35.5. The van der Waals surface area contributed by atoms with Crippen molar-refractivity contribution in [3.63, 3.8) is 0 Å². The Kier molecular flexibility index (Phi) is 11.8. The van der Waals surface area contributed by atoms with Crippen molar-refractivity contribution in [2.45, 2.75) is 13.1 Å². The van der Waals surface area contributed by atoms with Crippen molar-refractivity contribution in [1.82, 2.24) is 20.2 Å². The minimum Gasteiger partial charge on any atom is -0.354 e. The van der Waals surface area contributed by atoms with Gasteiger partial charge in [0.1, 0.15) is 16.5 Å². The highest BCUT2D eigenvalue weighted by molar-refractivity contribution is 7.09. The summed E-state index contributed by atoms with van der Waals surface area (Å²) in [4.78, 5) is 25.4. The fourth-order valence-corrected chi connectivity index (χ4v) is 3.22. The lowest BCUT2D eigenvalue weighted by molar-refractivity contribution is 0.0946. The third-order valence-electron chi connectivity index (χ3n) is 4.05. The molecule has 11 heteroatoms. The largest absolute Gasteiger partial charge is 0.354 e. The van der Waals surface area contributed by atoms with Crippen molar-refractivity contribution in [1.29, 1.82) is 0 Å². The first-order chi connectivity index (χ1) is 11.7. The number of halogens is 3. The molecular formula is C16H25Cl3N6OS. The second-order valence-corrected chi connectivity index (χ2v) is 6.77. The van der Waals surface area contributed by atoms with E-state index in [1.807, 2.05) is 12.1 Å². The van der Waals surface area contributed by atoms with E-state index in [-0.39, 0.29) is 43.1 Å². The molecule has 3 heterocycles. The van der Waals surface area contributed by atoms with Crippen molar-refractivity contribution in [2.24, 2.45) is 5.73 Å². The quantitative estimate of drug-likeness (QED) is 0.716. The molecule has 3 rings (SSSR count). The number of pyridine rings is 1. The molecule has 1 aliphatic heterocycles. The summed E-state index contributed by atoms with van der Waals surface area (Å²) in [5, 5.41) is 5.40. The minimum atomic E-state index is -0.177. The molecule has 2 aromatic rings. The Morgan fingerprint density at radius 2 is 1.96 bits per heavy atom. The predicted molar refractivity (Wildman–Crippen MR) is 117 cm³/mol. The zero-order valence-corrected chi connectivity index (χ0v) is 18.2. The Hall–Kier alpha value is -1.16. The zero-order valence-electron chi connectivity index (χ0n) is 15.0. The topological polar surface area (TPSA) is 87.4 Å². The van der Waals surface area contributed by atoms with E-state index in [0.29, 0.717) is 18.8 Å². The number of carbonyl (C=O) groups is 1. The number of amides is 1. The number of rotatable bonds is 5. The number of piperazine rings is 1. The van der Waals surface area contributed by atoms with Gasteiger partial charge in [-0.3, -0.25) is 4.79 Å². The molecule has 0 radical (unpaired) electrons. The van der Waals surface area contributed by atoms with Gasteiger partial charge >= 0.3 is 0 Å². The first kappa shape index (κ1) is 25.8.